The van der Waals surface area contributed by atoms with Gasteiger partial charge in [-0.3, -0.25) is 0 Å². The summed E-state index contributed by atoms with van der Waals surface area (Å²) >= 11 is 0. The molecule has 0 unspecified atom stereocenters. The van der Waals surface area contributed by atoms with Crippen LogP contribution in [0.3, 0.4) is 0 Å². The molecule has 1 aliphatic heterocycles. The molecule has 0 saturated heterocycles. The molecule has 0 fully saturated rings. The first-order valence-corrected chi connectivity index (χ1v) is 7.09. The molecule has 1 heterocycles. The van der Waals surface area contributed by atoms with Crippen molar-refractivity contribution in [2.24, 2.45) is 0 Å². The summed E-state index contributed by atoms with van der Waals surface area (Å²) < 4.78 is 6.12. The average Bonchev–Trinajstić information content (AvgIpc) is 2.44. The highest BCUT2D eigenvalue weighted by molar-refractivity contribution is 5.58. The molecule has 98 valence electrons. The van der Waals surface area contributed by atoms with Gasteiger partial charge in [0.2, 0.25) is 0 Å². The van der Waals surface area contributed by atoms with Crippen LogP contribution in [-0.2, 0) is 5.41 Å². The van der Waals surface area contributed by atoms with Crippen LogP contribution in [0, 0.1) is 6.92 Å². The molecule has 1 heteroatoms. The molecule has 1 nitrogen and oxygen atoms in total. The van der Waals surface area contributed by atoms with Crippen LogP contribution in [-0.4, -0.2) is 0 Å². The molecule has 0 amide bonds. The largest absolute Gasteiger partial charge is 0.457 e. The van der Waals surface area contributed by atoms with Crippen molar-refractivity contribution < 1.29 is 4.74 Å². The lowest BCUT2D eigenvalue weighted by atomic mass is 9.68. The lowest BCUT2D eigenvalue weighted by Gasteiger charge is -2.39. The zero-order chi connectivity index (χ0) is 13.5. The van der Waals surface area contributed by atoms with Gasteiger partial charge < -0.3 is 4.74 Å². The van der Waals surface area contributed by atoms with Crippen molar-refractivity contribution in [2.45, 2.75) is 39.0 Å². The molecule has 2 aromatic rings. The Bertz CT molecular complexity index is 609. The molecule has 0 radical (unpaired) electrons. The highest BCUT2D eigenvalue weighted by atomic mass is 16.5. The van der Waals surface area contributed by atoms with Gasteiger partial charge >= 0.3 is 0 Å². The van der Waals surface area contributed by atoms with Crippen LogP contribution in [0.4, 0.5) is 0 Å². The normalized spacial score (nSPS) is 15.3. The predicted octanol–water partition coefficient (Wildman–Crippen LogP) is 5.21. The molecule has 0 N–H and O–H groups in total. The Labute approximate surface area is 115 Å². The van der Waals surface area contributed by atoms with E-state index in [2.05, 4.69) is 63.2 Å². The lowest BCUT2D eigenvalue weighted by molar-refractivity contribution is 0.374. The fraction of sp³-hybridized carbons (Fsp3) is 0.333. The predicted molar refractivity (Wildman–Crippen MR) is 79.1 cm³/mol. The number of hydrogen-bond acceptors (Lipinski definition) is 1. The van der Waals surface area contributed by atoms with Crippen molar-refractivity contribution in [2.75, 3.05) is 0 Å². The summed E-state index contributed by atoms with van der Waals surface area (Å²) in [6, 6.07) is 15.1. The van der Waals surface area contributed by atoms with E-state index in [-0.39, 0.29) is 5.41 Å². The number of benzene rings is 2. The van der Waals surface area contributed by atoms with Crippen molar-refractivity contribution in [3.05, 3.63) is 59.2 Å². The van der Waals surface area contributed by atoms with Crippen LogP contribution in [0.2, 0.25) is 0 Å². The number of para-hydroxylation sites is 1. The van der Waals surface area contributed by atoms with E-state index in [0.717, 1.165) is 24.3 Å². The van der Waals surface area contributed by atoms with E-state index >= 15 is 0 Å². The van der Waals surface area contributed by atoms with Crippen molar-refractivity contribution in [1.82, 2.24) is 0 Å². The van der Waals surface area contributed by atoms with Gasteiger partial charge in [-0.05, 0) is 37.5 Å². The van der Waals surface area contributed by atoms with E-state index in [9.17, 15) is 0 Å². The first-order valence-electron chi connectivity index (χ1n) is 7.09. The van der Waals surface area contributed by atoms with E-state index in [1.807, 2.05) is 0 Å². The fourth-order valence-electron chi connectivity index (χ4n) is 3.34. The molecule has 1 aliphatic rings. The van der Waals surface area contributed by atoms with E-state index in [0.29, 0.717) is 0 Å². The maximum Gasteiger partial charge on any atom is 0.131 e. The topological polar surface area (TPSA) is 9.23 Å². The summed E-state index contributed by atoms with van der Waals surface area (Å²) in [5.41, 5.74) is 4.01. The van der Waals surface area contributed by atoms with Crippen molar-refractivity contribution >= 4 is 0 Å². The van der Waals surface area contributed by atoms with Gasteiger partial charge in [-0.25, -0.2) is 0 Å². The van der Waals surface area contributed by atoms with Gasteiger partial charge in [0.1, 0.15) is 11.5 Å². The third-order valence-electron chi connectivity index (χ3n) is 4.48. The summed E-state index contributed by atoms with van der Waals surface area (Å²) in [7, 11) is 0. The molecular weight excluding hydrogens is 232 g/mol. The Balaban J connectivity index is 2.30. The third kappa shape index (κ3) is 1.68. The average molecular weight is 252 g/mol. The minimum absolute atomic E-state index is 0.0951. The van der Waals surface area contributed by atoms with E-state index < -0.39 is 0 Å². The Morgan fingerprint density at radius 1 is 0.895 bits per heavy atom. The van der Waals surface area contributed by atoms with Crippen molar-refractivity contribution in [3.63, 3.8) is 0 Å². The lowest BCUT2D eigenvalue weighted by Crippen LogP contribution is -2.30. The first kappa shape index (κ1) is 12.3. The molecular formula is C18H20O. The van der Waals surface area contributed by atoms with Gasteiger partial charge in [0.25, 0.3) is 0 Å². The van der Waals surface area contributed by atoms with Crippen molar-refractivity contribution in [3.8, 4) is 11.5 Å². The number of ether oxygens (including phenoxy) is 1. The Morgan fingerprint density at radius 3 is 2.32 bits per heavy atom. The standard InChI is InChI=1S/C18H20O/c1-4-18(5-2)14-8-6-7-9-16(14)19-17-12-13(3)10-11-15(17)18/h6-12H,4-5H2,1-3H3. The van der Waals surface area contributed by atoms with Gasteiger partial charge in [-0.2, -0.15) is 0 Å². The minimum atomic E-state index is 0.0951. The van der Waals surface area contributed by atoms with Gasteiger partial charge in [-0.1, -0.05) is 44.2 Å². The zero-order valence-corrected chi connectivity index (χ0v) is 11.9. The summed E-state index contributed by atoms with van der Waals surface area (Å²) in [5.74, 6) is 2.05. The van der Waals surface area contributed by atoms with E-state index in [1.165, 1.54) is 16.7 Å². The third-order valence-corrected chi connectivity index (χ3v) is 4.48. The molecule has 0 atom stereocenters. The second-order valence-electron chi connectivity index (χ2n) is 5.39. The Morgan fingerprint density at radius 2 is 1.58 bits per heavy atom. The Kier molecular flexibility index (Phi) is 2.85. The van der Waals surface area contributed by atoms with Crippen LogP contribution in [0.5, 0.6) is 11.5 Å². The smallest absolute Gasteiger partial charge is 0.131 e. The van der Waals surface area contributed by atoms with Crippen LogP contribution in [0.1, 0.15) is 43.4 Å². The number of hydrogen-bond donors (Lipinski definition) is 0. The van der Waals surface area contributed by atoms with Crippen LogP contribution in [0.15, 0.2) is 42.5 Å². The first-order chi connectivity index (χ1) is 9.21. The van der Waals surface area contributed by atoms with Crippen LogP contribution in [0.25, 0.3) is 0 Å². The summed E-state index contributed by atoms with van der Waals surface area (Å²) in [6.07, 6.45) is 2.19. The fourth-order valence-corrected chi connectivity index (χ4v) is 3.34. The molecule has 2 aromatic carbocycles. The van der Waals surface area contributed by atoms with Gasteiger partial charge in [0, 0.05) is 16.5 Å². The summed E-state index contributed by atoms with van der Waals surface area (Å²) in [6.45, 7) is 6.66. The molecule has 19 heavy (non-hydrogen) atoms. The van der Waals surface area contributed by atoms with E-state index in [1.54, 1.807) is 0 Å². The van der Waals surface area contributed by atoms with E-state index in [4.69, 9.17) is 4.74 Å². The number of rotatable bonds is 2. The maximum atomic E-state index is 6.12. The minimum Gasteiger partial charge on any atom is -0.457 e. The number of aryl methyl sites for hydroxylation is 1. The second-order valence-corrected chi connectivity index (χ2v) is 5.39. The summed E-state index contributed by atoms with van der Waals surface area (Å²) in [4.78, 5) is 0. The molecule has 0 spiro atoms. The Hall–Kier alpha value is -1.76. The van der Waals surface area contributed by atoms with Crippen molar-refractivity contribution in [1.29, 1.82) is 0 Å². The molecule has 0 aliphatic carbocycles. The highest BCUT2D eigenvalue weighted by Gasteiger charge is 2.38. The zero-order valence-electron chi connectivity index (χ0n) is 11.9. The molecule has 0 aromatic heterocycles. The summed E-state index contributed by atoms with van der Waals surface area (Å²) in [5, 5.41) is 0. The maximum absolute atomic E-state index is 6.12. The van der Waals surface area contributed by atoms with Gasteiger partial charge in [0.15, 0.2) is 0 Å². The SMILES string of the molecule is CCC1(CC)c2ccccc2Oc2cc(C)ccc21. The van der Waals surface area contributed by atoms with Gasteiger partial charge in [0.05, 0.1) is 0 Å². The monoisotopic (exact) mass is 252 g/mol. The quantitative estimate of drug-likeness (QED) is 0.713. The molecule has 0 bridgehead atoms. The van der Waals surface area contributed by atoms with Gasteiger partial charge in [-0.15, -0.1) is 0 Å². The van der Waals surface area contributed by atoms with Crippen LogP contribution < -0.4 is 4.74 Å². The van der Waals surface area contributed by atoms with Crippen LogP contribution >= 0.6 is 0 Å². The molecule has 3 rings (SSSR count). The number of fused-ring (bicyclic) bond motifs is 2. The molecule has 0 saturated carbocycles. The second kappa shape index (κ2) is 4.41. The highest BCUT2D eigenvalue weighted by Crippen LogP contribution is 2.51.